The molecule has 33 heavy (non-hydrogen) atoms. The maximum absolute atomic E-state index is 13.9. The van der Waals surface area contributed by atoms with Crippen LogP contribution >= 0.6 is 90.4 Å². The van der Waals surface area contributed by atoms with Gasteiger partial charge in [0.1, 0.15) is 0 Å². The summed E-state index contributed by atoms with van der Waals surface area (Å²) < 4.78 is 82.8. The summed E-state index contributed by atoms with van der Waals surface area (Å²) in [5, 5.41) is 9.48. The maximum Gasteiger partial charge on any atom is 0.349 e. The average molecular weight is 938 g/mol. The number of hydrogen-bond acceptors (Lipinski definition) is 7. The molecule has 178 valence electrons. The van der Waals surface area contributed by atoms with Gasteiger partial charge in [-0.3, -0.25) is 4.55 Å². The molecule has 9 nitrogen and oxygen atoms in total. The lowest BCUT2D eigenvalue weighted by Crippen LogP contribution is -2.23. The van der Waals surface area contributed by atoms with Crippen molar-refractivity contribution in [2.24, 2.45) is 0 Å². The number of carbonyl (C=O) groups excluding carboxylic acids is 2. The number of ether oxygens (including phenoxy) is 2. The van der Waals surface area contributed by atoms with E-state index in [-0.39, 0.29) is 24.3 Å². The van der Waals surface area contributed by atoms with Crippen LogP contribution in [0.25, 0.3) is 0 Å². The number of hydrogen-bond donors (Lipinski definition) is 2. The lowest BCUT2D eigenvalue weighted by molar-refractivity contribution is -0.138. The third-order valence-corrected chi connectivity index (χ3v) is 11.9. The summed E-state index contributed by atoms with van der Waals surface area (Å²) in [5.74, 6) is -12.0. The highest BCUT2D eigenvalue weighted by Gasteiger charge is 2.31. The van der Waals surface area contributed by atoms with Crippen LogP contribution in [0, 0.1) is 31.7 Å². The van der Waals surface area contributed by atoms with Crippen molar-refractivity contribution in [1.29, 1.82) is 0 Å². The van der Waals surface area contributed by atoms with Crippen molar-refractivity contribution >= 4 is 118 Å². The van der Waals surface area contributed by atoms with Gasteiger partial charge >= 0.3 is 28.0 Å². The summed E-state index contributed by atoms with van der Waals surface area (Å²) in [6.45, 7) is -1.21. The number of benzene rings is 2. The first-order valence-electron chi connectivity index (χ1n) is 7.71. The van der Waals surface area contributed by atoms with E-state index in [0.717, 1.165) is 0 Å². The van der Waals surface area contributed by atoms with Crippen LogP contribution in [-0.4, -0.2) is 42.6 Å². The summed E-state index contributed by atoms with van der Waals surface area (Å²) in [6, 6.07) is -0.00341. The summed E-state index contributed by atoms with van der Waals surface area (Å²) in [6.07, 6.45) is 0. The van der Waals surface area contributed by atoms with E-state index in [0.29, 0.717) is 7.14 Å². The Morgan fingerprint density at radius 2 is 1.42 bits per heavy atom. The minimum Gasteiger partial charge on any atom is -0.478 e. The van der Waals surface area contributed by atoms with E-state index in [4.69, 9.17) is 9.29 Å². The molecule has 0 aliphatic heterocycles. The van der Waals surface area contributed by atoms with Gasteiger partial charge in [-0.1, -0.05) is 0 Å². The predicted octanol–water partition coefficient (Wildman–Crippen LogP) is 4.23. The molecule has 0 saturated carbocycles. The van der Waals surface area contributed by atoms with Gasteiger partial charge in [0.05, 0.1) is 11.1 Å². The fraction of sp³-hybridized carbons (Fsp3) is 0.0625. The summed E-state index contributed by atoms with van der Waals surface area (Å²) in [5.41, 5.74) is -0.731. The highest BCUT2D eigenvalue weighted by molar-refractivity contribution is 14.1. The molecule has 0 bridgehead atoms. The number of carboxylic acid groups (broad SMARTS) is 1. The second-order valence-electron chi connectivity index (χ2n) is 5.65. The standard InChI is InChI=1S/C16H5F3I4O9S/c17-3-1-4(8(18)9(19)14(3)33(28,29)30)32-5(24)2-31-16(27)7-6(15(25)26)10(20)12(22)13(23)11(7)21/h1H,2H2,(H,25,26)(H,28,29,30). The van der Waals surface area contributed by atoms with Gasteiger partial charge in [0.25, 0.3) is 0 Å². The van der Waals surface area contributed by atoms with Crippen LogP contribution in [0.3, 0.4) is 0 Å². The van der Waals surface area contributed by atoms with Crippen molar-refractivity contribution in [3.05, 3.63) is 48.9 Å². The zero-order valence-corrected chi connectivity index (χ0v) is 24.5. The number of carbonyl (C=O) groups is 3. The molecule has 2 aromatic rings. The van der Waals surface area contributed by atoms with Gasteiger partial charge in [0, 0.05) is 20.3 Å². The maximum atomic E-state index is 13.9. The molecule has 0 aliphatic rings. The Morgan fingerprint density at radius 3 is 1.91 bits per heavy atom. The van der Waals surface area contributed by atoms with Crippen molar-refractivity contribution in [3.8, 4) is 5.75 Å². The normalized spacial score (nSPS) is 11.3. The van der Waals surface area contributed by atoms with Crippen LogP contribution < -0.4 is 4.74 Å². The van der Waals surface area contributed by atoms with Gasteiger partial charge in [-0.25, -0.2) is 23.2 Å². The van der Waals surface area contributed by atoms with Crippen LogP contribution in [-0.2, 0) is 19.6 Å². The van der Waals surface area contributed by atoms with Gasteiger partial charge in [-0.15, -0.1) is 0 Å². The van der Waals surface area contributed by atoms with Gasteiger partial charge in [-0.2, -0.15) is 12.8 Å². The molecule has 0 heterocycles. The van der Waals surface area contributed by atoms with Crippen molar-refractivity contribution in [3.63, 3.8) is 0 Å². The summed E-state index contributed by atoms with van der Waals surface area (Å²) in [4.78, 5) is 34.1. The van der Waals surface area contributed by atoms with Gasteiger partial charge in [-0.05, 0) is 90.4 Å². The number of aromatic carboxylic acids is 1. The topological polar surface area (TPSA) is 144 Å². The molecular weight excluding hydrogens is 933 g/mol. The van der Waals surface area contributed by atoms with Gasteiger partial charge in [0.15, 0.2) is 28.9 Å². The van der Waals surface area contributed by atoms with E-state index >= 15 is 0 Å². The molecule has 0 saturated heterocycles. The minimum absolute atomic E-state index is 0.00341. The number of rotatable bonds is 6. The van der Waals surface area contributed by atoms with Crippen molar-refractivity contribution in [2.75, 3.05) is 6.61 Å². The number of carboxylic acids is 1. The molecule has 0 aromatic heterocycles. The van der Waals surface area contributed by atoms with E-state index in [1.54, 1.807) is 45.2 Å². The molecule has 0 aliphatic carbocycles. The second kappa shape index (κ2) is 11.0. The van der Waals surface area contributed by atoms with Crippen LogP contribution in [0.1, 0.15) is 20.7 Å². The molecule has 0 radical (unpaired) electrons. The molecule has 0 fully saturated rings. The van der Waals surface area contributed by atoms with Crippen LogP contribution in [0.5, 0.6) is 5.75 Å². The largest absolute Gasteiger partial charge is 0.478 e. The lowest BCUT2D eigenvalue weighted by Gasteiger charge is -2.14. The first kappa shape index (κ1) is 28.7. The van der Waals surface area contributed by atoms with E-state index in [1.165, 1.54) is 0 Å². The van der Waals surface area contributed by atoms with Crippen LogP contribution in [0.15, 0.2) is 11.0 Å². The first-order chi connectivity index (χ1) is 15.1. The van der Waals surface area contributed by atoms with E-state index < -0.39 is 62.7 Å². The van der Waals surface area contributed by atoms with E-state index in [2.05, 4.69) is 4.74 Å². The minimum atomic E-state index is -5.46. The third kappa shape index (κ3) is 6.19. The first-order valence-corrected chi connectivity index (χ1v) is 13.5. The summed E-state index contributed by atoms with van der Waals surface area (Å²) >= 11 is 7.22. The molecule has 0 amide bonds. The number of halogens is 7. The molecule has 0 unspecified atom stereocenters. The SMILES string of the molecule is O=C(COC(=O)c1c(I)c(I)c(I)c(I)c1C(=O)O)Oc1cc(F)c(S(=O)(=O)O)c(F)c1F. The number of esters is 2. The fourth-order valence-electron chi connectivity index (χ4n) is 2.24. The molecule has 2 N–H and O–H groups in total. The Morgan fingerprint density at radius 1 is 0.909 bits per heavy atom. The Labute approximate surface area is 237 Å². The van der Waals surface area contributed by atoms with Crippen molar-refractivity contribution < 1.29 is 55.1 Å². The highest BCUT2D eigenvalue weighted by Crippen LogP contribution is 2.33. The van der Waals surface area contributed by atoms with Crippen LogP contribution in [0.2, 0.25) is 0 Å². The Bertz CT molecular complexity index is 1320. The molecule has 2 aromatic carbocycles. The third-order valence-electron chi connectivity index (χ3n) is 3.57. The average Bonchev–Trinajstić information content (AvgIpc) is 2.69. The Hall–Kier alpha value is -0.530. The Balaban J connectivity index is 2.29. The monoisotopic (exact) mass is 938 g/mol. The second-order valence-corrected chi connectivity index (χ2v) is 11.3. The van der Waals surface area contributed by atoms with Gasteiger partial charge in [0.2, 0.25) is 5.82 Å². The van der Waals surface area contributed by atoms with Crippen molar-refractivity contribution in [1.82, 2.24) is 0 Å². The molecular formula is C16H5F3I4O9S. The zero-order valence-electron chi connectivity index (χ0n) is 15.1. The lowest BCUT2D eigenvalue weighted by atomic mass is 10.1. The van der Waals surface area contributed by atoms with Gasteiger partial charge < -0.3 is 14.6 Å². The molecule has 0 spiro atoms. The highest BCUT2D eigenvalue weighted by atomic mass is 127. The Kier molecular flexibility index (Phi) is 9.59. The molecule has 2 rings (SSSR count). The molecule has 17 heteroatoms. The smallest absolute Gasteiger partial charge is 0.349 e. The van der Waals surface area contributed by atoms with E-state index in [1.807, 2.05) is 45.2 Å². The van der Waals surface area contributed by atoms with E-state index in [9.17, 15) is 41.1 Å². The fourth-order valence-corrected chi connectivity index (χ4v) is 6.50. The molecule has 0 atom stereocenters. The van der Waals surface area contributed by atoms with Crippen molar-refractivity contribution in [2.45, 2.75) is 4.90 Å². The predicted molar refractivity (Wildman–Crippen MR) is 136 cm³/mol. The summed E-state index contributed by atoms with van der Waals surface area (Å²) in [7, 11) is -5.46. The van der Waals surface area contributed by atoms with Crippen LogP contribution in [0.4, 0.5) is 13.2 Å². The zero-order chi connectivity index (χ0) is 25.4. The quantitative estimate of drug-likeness (QED) is 0.109.